The van der Waals surface area contributed by atoms with E-state index in [1.54, 1.807) is 6.92 Å². The summed E-state index contributed by atoms with van der Waals surface area (Å²) >= 11 is 11.3. The van der Waals surface area contributed by atoms with Crippen LogP contribution in [0.5, 0.6) is 0 Å². The molecule has 0 aromatic carbocycles. The van der Waals surface area contributed by atoms with Crippen molar-refractivity contribution in [1.82, 2.24) is 14.5 Å². The van der Waals surface area contributed by atoms with Gasteiger partial charge in [0.1, 0.15) is 0 Å². The fraction of sp³-hybridized carbons (Fsp3) is 0.667. The molecule has 0 aliphatic heterocycles. The van der Waals surface area contributed by atoms with Crippen molar-refractivity contribution in [2.75, 3.05) is 5.88 Å². The Morgan fingerprint density at radius 2 is 2.24 bits per heavy atom. The molecule has 1 aromatic rings. The van der Waals surface area contributed by atoms with E-state index >= 15 is 0 Å². The van der Waals surface area contributed by atoms with Crippen LogP contribution in [0.3, 0.4) is 0 Å². The van der Waals surface area contributed by atoms with Crippen molar-refractivity contribution in [3.63, 3.8) is 0 Å². The maximum atomic E-state index is 12.0. The first kappa shape index (κ1) is 14.8. The molecule has 0 radical (unpaired) electrons. The topological polar surface area (TPSA) is 64.0 Å². The Balaban J connectivity index is 2.83. The summed E-state index contributed by atoms with van der Waals surface area (Å²) in [4.78, 5) is 0. The monoisotopic (exact) mass is 299 g/mol. The number of alkyl halides is 1. The highest BCUT2D eigenvalue weighted by Crippen LogP contribution is 2.20. The predicted molar refractivity (Wildman–Crippen MR) is 68.0 cm³/mol. The lowest BCUT2D eigenvalue weighted by atomic mass is 10.2. The number of aromatic nitrogens is 2. The first-order valence-corrected chi connectivity index (χ1v) is 7.54. The van der Waals surface area contributed by atoms with E-state index in [4.69, 9.17) is 23.2 Å². The van der Waals surface area contributed by atoms with Crippen LogP contribution in [0, 0.1) is 0 Å². The minimum absolute atomic E-state index is 0.0168. The highest BCUT2D eigenvalue weighted by atomic mass is 35.5. The van der Waals surface area contributed by atoms with Crippen LogP contribution in [-0.2, 0) is 17.1 Å². The van der Waals surface area contributed by atoms with Crippen LogP contribution < -0.4 is 4.72 Å². The zero-order chi connectivity index (χ0) is 13.1. The summed E-state index contributed by atoms with van der Waals surface area (Å²) in [5.41, 5.74) is 0. The molecule has 0 amide bonds. The maximum absolute atomic E-state index is 12.0. The third-order valence-electron chi connectivity index (χ3n) is 2.22. The van der Waals surface area contributed by atoms with Crippen molar-refractivity contribution < 1.29 is 8.42 Å². The zero-order valence-electron chi connectivity index (χ0n) is 9.65. The Hall–Kier alpha value is -0.300. The molecule has 17 heavy (non-hydrogen) atoms. The normalized spacial score (nSPS) is 13.9. The maximum Gasteiger partial charge on any atom is 0.259 e. The highest BCUT2D eigenvalue weighted by Gasteiger charge is 2.24. The second-order valence-electron chi connectivity index (χ2n) is 3.77. The average Bonchev–Trinajstić information content (AvgIpc) is 2.55. The molecule has 98 valence electrons. The van der Waals surface area contributed by atoms with Crippen LogP contribution in [0.2, 0.25) is 5.02 Å². The average molecular weight is 300 g/mol. The lowest BCUT2D eigenvalue weighted by Crippen LogP contribution is -2.34. The van der Waals surface area contributed by atoms with Gasteiger partial charge in [-0.25, -0.2) is 13.1 Å². The molecule has 1 unspecified atom stereocenters. The molecule has 0 aliphatic rings. The van der Waals surface area contributed by atoms with Gasteiger partial charge in [0.2, 0.25) is 0 Å². The van der Waals surface area contributed by atoms with Crippen LogP contribution >= 0.6 is 23.2 Å². The molecule has 0 saturated carbocycles. The van der Waals surface area contributed by atoms with Gasteiger partial charge in [-0.2, -0.15) is 5.10 Å². The molecule has 0 saturated heterocycles. The van der Waals surface area contributed by atoms with Gasteiger partial charge in [0.15, 0.2) is 5.03 Å². The van der Waals surface area contributed by atoms with Gasteiger partial charge in [-0.1, -0.05) is 11.6 Å². The van der Waals surface area contributed by atoms with Gasteiger partial charge in [-0.3, -0.25) is 4.68 Å². The van der Waals surface area contributed by atoms with Gasteiger partial charge in [0.25, 0.3) is 10.0 Å². The van der Waals surface area contributed by atoms with Gasteiger partial charge in [-0.05, 0) is 19.8 Å². The Bertz CT molecular complexity index is 453. The van der Waals surface area contributed by atoms with Crippen molar-refractivity contribution in [3.05, 3.63) is 11.2 Å². The van der Waals surface area contributed by atoms with Crippen LogP contribution in [0.4, 0.5) is 0 Å². The van der Waals surface area contributed by atoms with Crippen molar-refractivity contribution in [1.29, 1.82) is 0 Å². The van der Waals surface area contributed by atoms with Crippen LogP contribution in [0.15, 0.2) is 11.2 Å². The minimum Gasteiger partial charge on any atom is -0.255 e. The molecule has 0 fully saturated rings. The first-order chi connectivity index (χ1) is 7.88. The third kappa shape index (κ3) is 3.84. The number of nitrogens with one attached hydrogen (secondary N) is 1. The molecule has 0 bridgehead atoms. The Morgan fingerprint density at radius 3 is 2.71 bits per heavy atom. The van der Waals surface area contributed by atoms with E-state index in [9.17, 15) is 8.42 Å². The van der Waals surface area contributed by atoms with Gasteiger partial charge >= 0.3 is 0 Å². The molecular weight excluding hydrogens is 285 g/mol. The lowest BCUT2D eigenvalue weighted by Gasteiger charge is -2.13. The summed E-state index contributed by atoms with van der Waals surface area (Å²) in [6.45, 7) is 1.79. The molecule has 1 rings (SSSR count). The first-order valence-electron chi connectivity index (χ1n) is 5.14. The number of hydrogen-bond acceptors (Lipinski definition) is 3. The molecule has 0 aliphatic carbocycles. The smallest absolute Gasteiger partial charge is 0.255 e. The molecule has 1 N–H and O–H groups in total. The van der Waals surface area contributed by atoms with Gasteiger partial charge < -0.3 is 0 Å². The van der Waals surface area contributed by atoms with E-state index in [1.165, 1.54) is 17.9 Å². The van der Waals surface area contributed by atoms with E-state index in [1.807, 2.05) is 0 Å². The van der Waals surface area contributed by atoms with Gasteiger partial charge in [0.05, 0.1) is 11.2 Å². The second-order valence-corrected chi connectivity index (χ2v) is 6.19. The van der Waals surface area contributed by atoms with Crippen molar-refractivity contribution in [2.45, 2.75) is 30.8 Å². The van der Waals surface area contributed by atoms with Crippen molar-refractivity contribution in [2.24, 2.45) is 7.05 Å². The Labute approximate surface area is 111 Å². The van der Waals surface area contributed by atoms with Gasteiger partial charge in [-0.15, -0.1) is 11.6 Å². The summed E-state index contributed by atoms with van der Waals surface area (Å²) in [7, 11) is -2.10. The van der Waals surface area contributed by atoms with Crippen molar-refractivity contribution >= 4 is 33.2 Å². The molecule has 1 heterocycles. The summed E-state index contributed by atoms with van der Waals surface area (Å²) in [6, 6.07) is -0.190. The van der Waals surface area contributed by atoms with E-state index in [0.717, 1.165) is 6.42 Å². The molecule has 5 nitrogen and oxygen atoms in total. The SMILES string of the molecule is CC(CCCCl)NS(=O)(=O)c1c(Cl)cnn1C. The summed E-state index contributed by atoms with van der Waals surface area (Å²) in [6.07, 6.45) is 2.74. The quantitative estimate of drug-likeness (QED) is 0.814. The Kier molecular flexibility index (Phi) is 5.24. The number of sulfonamides is 1. The van der Waals surface area contributed by atoms with Crippen LogP contribution in [0.25, 0.3) is 0 Å². The third-order valence-corrected chi connectivity index (χ3v) is 4.59. The summed E-state index contributed by atoms with van der Waals surface area (Å²) < 4.78 is 27.8. The molecular formula is C9H15Cl2N3O2S. The summed E-state index contributed by atoms with van der Waals surface area (Å²) in [5, 5.41) is 3.89. The number of aryl methyl sites for hydroxylation is 1. The van der Waals surface area contributed by atoms with Gasteiger partial charge in [0, 0.05) is 19.0 Å². The lowest BCUT2D eigenvalue weighted by molar-refractivity contribution is 0.532. The van der Waals surface area contributed by atoms with E-state index in [0.29, 0.717) is 12.3 Å². The number of hydrogen-bond donors (Lipinski definition) is 1. The van der Waals surface area contributed by atoms with Crippen LogP contribution in [0.1, 0.15) is 19.8 Å². The van der Waals surface area contributed by atoms with Crippen LogP contribution in [-0.4, -0.2) is 30.1 Å². The molecule has 8 heteroatoms. The van der Waals surface area contributed by atoms with Crippen molar-refractivity contribution in [3.8, 4) is 0 Å². The molecule has 1 aromatic heterocycles. The number of rotatable bonds is 6. The minimum atomic E-state index is -3.63. The Morgan fingerprint density at radius 1 is 1.59 bits per heavy atom. The fourth-order valence-corrected chi connectivity index (χ4v) is 3.55. The molecule has 1 atom stereocenters. The second kappa shape index (κ2) is 6.04. The van der Waals surface area contributed by atoms with E-state index in [-0.39, 0.29) is 16.1 Å². The molecule has 0 spiro atoms. The summed E-state index contributed by atoms with van der Waals surface area (Å²) in [5.74, 6) is 0.512. The highest BCUT2D eigenvalue weighted by molar-refractivity contribution is 7.89. The number of nitrogens with zero attached hydrogens (tertiary/aromatic N) is 2. The van der Waals surface area contributed by atoms with E-state index < -0.39 is 10.0 Å². The standard InChI is InChI=1S/C9H15Cl2N3O2S/c1-7(4-3-5-10)13-17(15,16)9-8(11)6-12-14(9)2/h6-7,13H,3-5H2,1-2H3. The predicted octanol–water partition coefficient (Wildman–Crippen LogP) is 1.76. The largest absolute Gasteiger partial charge is 0.259 e. The number of halogens is 2. The zero-order valence-corrected chi connectivity index (χ0v) is 12.0. The fourth-order valence-electron chi connectivity index (χ4n) is 1.46. The van der Waals surface area contributed by atoms with E-state index in [2.05, 4.69) is 9.82 Å².